The SMILES string of the molecule is CSc1nc(C)cc(Nc2ccc(OS(C)(=O)=O)cc2)n1. The Bertz CT molecular complexity index is 731. The Kier molecular flexibility index (Phi) is 4.69. The van der Waals surface area contributed by atoms with Crippen molar-refractivity contribution in [1.82, 2.24) is 9.97 Å². The fourth-order valence-electron chi connectivity index (χ4n) is 1.61. The smallest absolute Gasteiger partial charge is 0.306 e. The van der Waals surface area contributed by atoms with Crippen molar-refractivity contribution in [3.05, 3.63) is 36.0 Å². The van der Waals surface area contributed by atoms with Crippen molar-refractivity contribution in [3.8, 4) is 5.75 Å². The summed E-state index contributed by atoms with van der Waals surface area (Å²) in [5.41, 5.74) is 1.65. The summed E-state index contributed by atoms with van der Waals surface area (Å²) >= 11 is 1.47. The largest absolute Gasteiger partial charge is 0.383 e. The third-order valence-corrected chi connectivity index (χ3v) is 3.43. The summed E-state index contributed by atoms with van der Waals surface area (Å²) in [5.74, 6) is 0.954. The summed E-state index contributed by atoms with van der Waals surface area (Å²) in [7, 11) is -3.51. The highest BCUT2D eigenvalue weighted by atomic mass is 32.2. The van der Waals surface area contributed by atoms with E-state index in [4.69, 9.17) is 4.18 Å². The van der Waals surface area contributed by atoms with Crippen LogP contribution in [0.3, 0.4) is 0 Å². The Morgan fingerprint density at radius 3 is 2.43 bits per heavy atom. The van der Waals surface area contributed by atoms with Gasteiger partial charge in [0.05, 0.1) is 6.26 Å². The summed E-state index contributed by atoms with van der Waals surface area (Å²) in [6.07, 6.45) is 2.92. The van der Waals surface area contributed by atoms with Crippen molar-refractivity contribution in [2.24, 2.45) is 0 Å². The molecule has 0 unspecified atom stereocenters. The van der Waals surface area contributed by atoms with E-state index < -0.39 is 10.1 Å². The van der Waals surface area contributed by atoms with Gasteiger partial charge < -0.3 is 9.50 Å². The number of benzene rings is 1. The number of hydrogen-bond acceptors (Lipinski definition) is 7. The molecule has 2 rings (SSSR count). The van der Waals surface area contributed by atoms with Crippen LogP contribution < -0.4 is 9.50 Å². The molecule has 0 bridgehead atoms. The highest BCUT2D eigenvalue weighted by Gasteiger charge is 2.05. The first kappa shape index (κ1) is 15.6. The Morgan fingerprint density at radius 1 is 1.19 bits per heavy atom. The second-order valence-corrected chi connectivity index (χ2v) is 6.67. The van der Waals surface area contributed by atoms with Gasteiger partial charge in [0.1, 0.15) is 11.6 Å². The van der Waals surface area contributed by atoms with Crippen LogP contribution in [0.2, 0.25) is 0 Å². The van der Waals surface area contributed by atoms with E-state index in [0.717, 1.165) is 17.6 Å². The van der Waals surface area contributed by atoms with Crippen molar-refractivity contribution in [2.75, 3.05) is 17.8 Å². The molecule has 0 atom stereocenters. The summed E-state index contributed by atoms with van der Waals surface area (Å²) in [6.45, 7) is 1.90. The second-order valence-electron chi connectivity index (χ2n) is 4.32. The van der Waals surface area contributed by atoms with Gasteiger partial charge in [-0.3, -0.25) is 0 Å². The monoisotopic (exact) mass is 325 g/mol. The molecular weight excluding hydrogens is 310 g/mol. The van der Waals surface area contributed by atoms with E-state index in [1.807, 2.05) is 19.2 Å². The highest BCUT2D eigenvalue weighted by molar-refractivity contribution is 7.98. The average molecular weight is 325 g/mol. The fraction of sp³-hybridized carbons (Fsp3) is 0.231. The van der Waals surface area contributed by atoms with Crippen LogP contribution >= 0.6 is 11.8 Å². The van der Waals surface area contributed by atoms with Crippen LogP contribution in [0.5, 0.6) is 5.75 Å². The van der Waals surface area contributed by atoms with Gasteiger partial charge >= 0.3 is 10.1 Å². The van der Waals surface area contributed by atoms with Crippen molar-refractivity contribution < 1.29 is 12.6 Å². The number of aromatic nitrogens is 2. The van der Waals surface area contributed by atoms with E-state index in [-0.39, 0.29) is 5.75 Å². The van der Waals surface area contributed by atoms with E-state index in [1.54, 1.807) is 24.3 Å². The number of hydrogen-bond donors (Lipinski definition) is 1. The Morgan fingerprint density at radius 2 is 1.86 bits per heavy atom. The molecule has 0 radical (unpaired) electrons. The molecule has 0 amide bonds. The van der Waals surface area contributed by atoms with Crippen molar-refractivity contribution in [2.45, 2.75) is 12.1 Å². The lowest BCUT2D eigenvalue weighted by Crippen LogP contribution is -2.05. The molecule has 1 aromatic heterocycles. The lowest BCUT2D eigenvalue weighted by atomic mass is 10.3. The van der Waals surface area contributed by atoms with E-state index >= 15 is 0 Å². The molecule has 1 heterocycles. The molecule has 21 heavy (non-hydrogen) atoms. The van der Waals surface area contributed by atoms with Gasteiger partial charge in [-0.2, -0.15) is 8.42 Å². The minimum atomic E-state index is -3.51. The first-order valence-corrected chi connectivity index (χ1v) is 9.06. The molecule has 0 fully saturated rings. The van der Waals surface area contributed by atoms with Crippen molar-refractivity contribution >= 4 is 33.4 Å². The molecule has 0 aliphatic rings. The standard InChI is InChI=1S/C13H15N3O3S2/c1-9-8-12(16-13(14-9)20-2)15-10-4-6-11(7-5-10)19-21(3,17)18/h4-8H,1-3H3,(H,14,15,16). The van der Waals surface area contributed by atoms with Crippen LogP contribution in [0.1, 0.15) is 5.69 Å². The van der Waals surface area contributed by atoms with Gasteiger partial charge in [0.25, 0.3) is 0 Å². The van der Waals surface area contributed by atoms with E-state index in [2.05, 4.69) is 15.3 Å². The first-order valence-electron chi connectivity index (χ1n) is 6.02. The molecule has 1 N–H and O–H groups in total. The van der Waals surface area contributed by atoms with Gasteiger partial charge in [0, 0.05) is 17.4 Å². The van der Waals surface area contributed by atoms with E-state index in [0.29, 0.717) is 11.0 Å². The molecule has 0 saturated heterocycles. The van der Waals surface area contributed by atoms with Gasteiger partial charge in [-0.1, -0.05) is 11.8 Å². The number of nitrogens with zero attached hydrogens (tertiary/aromatic N) is 2. The van der Waals surface area contributed by atoms with Crippen molar-refractivity contribution in [3.63, 3.8) is 0 Å². The summed E-state index contributed by atoms with van der Waals surface area (Å²) in [6, 6.07) is 8.42. The molecule has 1 aromatic carbocycles. The maximum atomic E-state index is 11.0. The predicted octanol–water partition coefficient (Wildman–Crippen LogP) is 2.59. The van der Waals surface area contributed by atoms with Gasteiger partial charge in [0.2, 0.25) is 0 Å². The number of rotatable bonds is 5. The Hall–Kier alpha value is -1.80. The topological polar surface area (TPSA) is 81.2 Å². The third kappa shape index (κ3) is 4.91. The Labute approximate surface area is 128 Å². The molecule has 0 saturated carbocycles. The molecule has 6 nitrogen and oxygen atoms in total. The van der Waals surface area contributed by atoms with Crippen LogP contribution in [0, 0.1) is 6.92 Å². The number of anilines is 2. The lowest BCUT2D eigenvalue weighted by molar-refractivity contribution is 0.493. The molecular formula is C13H15N3O3S2. The molecule has 0 aliphatic carbocycles. The minimum absolute atomic E-state index is 0.270. The fourth-order valence-corrected chi connectivity index (χ4v) is 2.50. The van der Waals surface area contributed by atoms with Crippen molar-refractivity contribution in [1.29, 1.82) is 0 Å². The molecule has 0 spiro atoms. The molecule has 2 aromatic rings. The van der Waals surface area contributed by atoms with Crippen LogP contribution in [0.15, 0.2) is 35.5 Å². The summed E-state index contributed by atoms with van der Waals surface area (Å²) < 4.78 is 26.8. The quantitative estimate of drug-likeness (QED) is 0.514. The maximum absolute atomic E-state index is 11.0. The summed E-state index contributed by atoms with van der Waals surface area (Å²) in [4.78, 5) is 8.62. The zero-order valence-corrected chi connectivity index (χ0v) is 13.5. The normalized spacial score (nSPS) is 11.2. The van der Waals surface area contributed by atoms with Crippen LogP contribution in [0.25, 0.3) is 0 Å². The Balaban J connectivity index is 2.15. The molecule has 112 valence electrons. The van der Waals surface area contributed by atoms with E-state index in [9.17, 15) is 8.42 Å². The third-order valence-electron chi connectivity index (χ3n) is 2.39. The minimum Gasteiger partial charge on any atom is -0.383 e. The van der Waals surface area contributed by atoms with Gasteiger partial charge in [0.15, 0.2) is 5.16 Å². The number of nitrogens with one attached hydrogen (secondary N) is 1. The van der Waals surface area contributed by atoms with Gasteiger partial charge in [-0.25, -0.2) is 9.97 Å². The van der Waals surface area contributed by atoms with Crippen LogP contribution in [0.4, 0.5) is 11.5 Å². The lowest BCUT2D eigenvalue weighted by Gasteiger charge is -2.08. The zero-order chi connectivity index (χ0) is 15.5. The maximum Gasteiger partial charge on any atom is 0.306 e. The zero-order valence-electron chi connectivity index (χ0n) is 11.8. The predicted molar refractivity (Wildman–Crippen MR) is 83.7 cm³/mol. The van der Waals surface area contributed by atoms with Gasteiger partial charge in [-0.05, 0) is 37.4 Å². The van der Waals surface area contributed by atoms with Gasteiger partial charge in [-0.15, -0.1) is 0 Å². The average Bonchev–Trinajstić information content (AvgIpc) is 2.38. The highest BCUT2D eigenvalue weighted by Crippen LogP contribution is 2.21. The summed E-state index contributed by atoms with van der Waals surface area (Å²) in [5, 5.41) is 3.83. The first-order chi connectivity index (χ1) is 9.85. The number of aryl methyl sites for hydroxylation is 1. The molecule has 0 aliphatic heterocycles. The second kappa shape index (κ2) is 6.31. The van der Waals surface area contributed by atoms with Crippen LogP contribution in [-0.2, 0) is 10.1 Å². The van der Waals surface area contributed by atoms with Crippen LogP contribution in [-0.4, -0.2) is 30.9 Å². The molecule has 8 heteroatoms. The number of thioether (sulfide) groups is 1. The van der Waals surface area contributed by atoms with E-state index in [1.165, 1.54) is 11.8 Å².